The van der Waals surface area contributed by atoms with Crippen LogP contribution in [0.2, 0.25) is 0 Å². The molecule has 0 aliphatic rings. The Labute approximate surface area is 85.3 Å². The average molecular weight is 203 g/mol. The van der Waals surface area contributed by atoms with Crippen molar-refractivity contribution in [2.45, 2.75) is 32.2 Å². The highest BCUT2D eigenvalue weighted by atomic mass is 16.5. The van der Waals surface area contributed by atoms with Crippen LogP contribution in [0.5, 0.6) is 0 Å². The lowest BCUT2D eigenvalue weighted by Gasteiger charge is -2.12. The van der Waals surface area contributed by atoms with E-state index in [1.54, 1.807) is 7.11 Å². The summed E-state index contributed by atoms with van der Waals surface area (Å²) in [6, 6.07) is 0.244. The maximum Gasteiger partial charge on any atom is 0.140 e. The molecule has 0 aliphatic carbocycles. The molecule has 0 fully saturated rings. The molecule has 0 saturated heterocycles. The molecule has 5 nitrogen and oxygen atoms in total. The first-order valence-electron chi connectivity index (χ1n) is 4.89. The van der Waals surface area contributed by atoms with E-state index >= 15 is 0 Å². The van der Waals surface area contributed by atoms with Crippen LogP contribution in [-0.2, 0) is 4.74 Å². The molecule has 1 atom stereocenters. The molecule has 0 spiro atoms. The number of hydrogen-bond acceptors (Lipinski definition) is 4. The Hall–Kier alpha value is -0.810. The maximum atomic E-state index is 8.34. The summed E-state index contributed by atoms with van der Waals surface area (Å²) in [5.74, 6) is 0.266. The monoisotopic (exact) mass is 203 g/mol. The molecule has 0 aliphatic heterocycles. The third kappa shape index (κ3) is 7.82. The van der Waals surface area contributed by atoms with E-state index in [0.29, 0.717) is 6.42 Å². The molecule has 84 valence electrons. The van der Waals surface area contributed by atoms with Crippen molar-refractivity contribution >= 4 is 5.84 Å². The number of rotatable bonds is 8. The van der Waals surface area contributed by atoms with Crippen molar-refractivity contribution < 1.29 is 9.94 Å². The van der Waals surface area contributed by atoms with Crippen LogP contribution < -0.4 is 11.1 Å². The molecule has 0 amide bonds. The van der Waals surface area contributed by atoms with E-state index in [2.05, 4.69) is 10.5 Å². The number of ether oxygens (including phenoxy) is 1. The summed E-state index contributed by atoms with van der Waals surface area (Å²) in [5.41, 5.74) is 5.37. The SMILES string of the molecule is COCCCCNC(C)CC(N)=NO. The number of hydrogen-bond donors (Lipinski definition) is 3. The highest BCUT2D eigenvalue weighted by molar-refractivity contribution is 5.80. The second-order valence-electron chi connectivity index (χ2n) is 3.35. The van der Waals surface area contributed by atoms with Gasteiger partial charge in [-0.3, -0.25) is 0 Å². The molecule has 14 heavy (non-hydrogen) atoms. The van der Waals surface area contributed by atoms with Crippen LogP contribution in [0.25, 0.3) is 0 Å². The van der Waals surface area contributed by atoms with Crippen molar-refractivity contribution in [1.82, 2.24) is 5.32 Å². The summed E-state index contributed by atoms with van der Waals surface area (Å²) in [6.45, 7) is 3.74. The van der Waals surface area contributed by atoms with E-state index in [-0.39, 0.29) is 11.9 Å². The van der Waals surface area contributed by atoms with Gasteiger partial charge in [0.15, 0.2) is 0 Å². The lowest BCUT2D eigenvalue weighted by Crippen LogP contribution is -2.31. The van der Waals surface area contributed by atoms with E-state index < -0.39 is 0 Å². The molecule has 5 heteroatoms. The summed E-state index contributed by atoms with van der Waals surface area (Å²) < 4.78 is 4.93. The lowest BCUT2D eigenvalue weighted by molar-refractivity contribution is 0.192. The average Bonchev–Trinajstić information content (AvgIpc) is 2.17. The number of oxime groups is 1. The molecular weight excluding hydrogens is 182 g/mol. The van der Waals surface area contributed by atoms with Crippen molar-refractivity contribution in [2.24, 2.45) is 10.9 Å². The molecule has 0 bridgehead atoms. The molecule has 0 aromatic heterocycles. The first-order valence-corrected chi connectivity index (χ1v) is 4.89. The number of nitrogens with two attached hydrogens (primary N) is 1. The maximum absolute atomic E-state index is 8.34. The number of unbranched alkanes of at least 4 members (excludes halogenated alkanes) is 1. The third-order valence-corrected chi connectivity index (χ3v) is 1.91. The van der Waals surface area contributed by atoms with Crippen molar-refractivity contribution in [3.8, 4) is 0 Å². The number of nitrogens with zero attached hydrogens (tertiary/aromatic N) is 1. The van der Waals surface area contributed by atoms with Gasteiger partial charge >= 0.3 is 0 Å². The van der Waals surface area contributed by atoms with Gasteiger partial charge in [-0.25, -0.2) is 0 Å². The molecule has 4 N–H and O–H groups in total. The second-order valence-corrected chi connectivity index (χ2v) is 3.35. The first kappa shape index (κ1) is 13.2. The number of amidine groups is 1. The van der Waals surface area contributed by atoms with Crippen LogP contribution in [0.3, 0.4) is 0 Å². The summed E-state index contributed by atoms with van der Waals surface area (Å²) in [5, 5.41) is 14.5. The minimum Gasteiger partial charge on any atom is -0.409 e. The molecule has 0 radical (unpaired) electrons. The van der Waals surface area contributed by atoms with E-state index in [4.69, 9.17) is 15.7 Å². The Morgan fingerprint density at radius 2 is 2.29 bits per heavy atom. The Bertz CT molecular complexity index is 162. The second kappa shape index (κ2) is 8.77. The van der Waals surface area contributed by atoms with E-state index in [0.717, 1.165) is 26.0 Å². The molecular formula is C9H21N3O2. The normalized spacial score (nSPS) is 14.3. The molecule has 0 saturated carbocycles. The number of methoxy groups -OCH3 is 1. The van der Waals surface area contributed by atoms with Crippen molar-refractivity contribution in [3.63, 3.8) is 0 Å². The standard InChI is InChI=1S/C9H21N3O2/c1-8(7-9(10)12-13)11-5-3-4-6-14-2/h8,11,13H,3-7H2,1-2H3,(H2,10,12). The first-order chi connectivity index (χ1) is 6.70. The minimum absolute atomic E-state index is 0.244. The van der Waals surface area contributed by atoms with Crippen molar-refractivity contribution in [2.75, 3.05) is 20.3 Å². The third-order valence-electron chi connectivity index (χ3n) is 1.91. The molecule has 0 heterocycles. The van der Waals surface area contributed by atoms with E-state index in [1.165, 1.54) is 0 Å². The number of nitrogens with one attached hydrogen (secondary N) is 1. The van der Waals surface area contributed by atoms with Crippen molar-refractivity contribution in [1.29, 1.82) is 0 Å². The highest BCUT2D eigenvalue weighted by Crippen LogP contribution is 1.92. The van der Waals surface area contributed by atoms with Gasteiger partial charge in [-0.05, 0) is 26.3 Å². The van der Waals surface area contributed by atoms with Crippen LogP contribution in [0.4, 0.5) is 0 Å². The van der Waals surface area contributed by atoms with Crippen LogP contribution >= 0.6 is 0 Å². The Balaban J connectivity index is 3.31. The van der Waals surface area contributed by atoms with Crippen LogP contribution in [0.15, 0.2) is 5.16 Å². The van der Waals surface area contributed by atoms with Gasteiger partial charge in [0.1, 0.15) is 5.84 Å². The zero-order valence-electron chi connectivity index (χ0n) is 8.99. The van der Waals surface area contributed by atoms with Gasteiger partial charge in [0, 0.05) is 26.2 Å². The van der Waals surface area contributed by atoms with Gasteiger partial charge in [0.05, 0.1) is 0 Å². The molecule has 1 unspecified atom stereocenters. The van der Waals surface area contributed by atoms with Crippen LogP contribution in [0.1, 0.15) is 26.2 Å². The fourth-order valence-corrected chi connectivity index (χ4v) is 1.15. The quantitative estimate of drug-likeness (QED) is 0.177. The summed E-state index contributed by atoms with van der Waals surface area (Å²) in [7, 11) is 1.70. The Morgan fingerprint density at radius 3 is 2.86 bits per heavy atom. The van der Waals surface area contributed by atoms with Gasteiger partial charge in [0.25, 0.3) is 0 Å². The van der Waals surface area contributed by atoms with Gasteiger partial charge in [-0.15, -0.1) is 0 Å². The van der Waals surface area contributed by atoms with Gasteiger partial charge in [0.2, 0.25) is 0 Å². The predicted molar refractivity (Wildman–Crippen MR) is 56.6 cm³/mol. The van der Waals surface area contributed by atoms with Crippen LogP contribution in [-0.4, -0.2) is 37.3 Å². The fraction of sp³-hybridized carbons (Fsp3) is 0.889. The van der Waals surface area contributed by atoms with Gasteiger partial charge < -0.3 is 21.0 Å². The lowest BCUT2D eigenvalue weighted by atomic mass is 10.2. The van der Waals surface area contributed by atoms with Gasteiger partial charge in [-0.1, -0.05) is 5.16 Å². The molecule has 0 aromatic rings. The largest absolute Gasteiger partial charge is 0.409 e. The fourth-order valence-electron chi connectivity index (χ4n) is 1.15. The summed E-state index contributed by atoms with van der Waals surface area (Å²) >= 11 is 0. The summed E-state index contributed by atoms with van der Waals surface area (Å²) in [4.78, 5) is 0. The highest BCUT2D eigenvalue weighted by Gasteiger charge is 2.03. The predicted octanol–water partition coefficient (Wildman–Crippen LogP) is 0.528. The minimum atomic E-state index is 0.244. The smallest absolute Gasteiger partial charge is 0.140 e. The zero-order valence-corrected chi connectivity index (χ0v) is 8.99. The van der Waals surface area contributed by atoms with Crippen LogP contribution in [0, 0.1) is 0 Å². The molecule has 0 aromatic carbocycles. The Kier molecular flexibility index (Phi) is 8.27. The van der Waals surface area contributed by atoms with Crippen molar-refractivity contribution in [3.05, 3.63) is 0 Å². The zero-order chi connectivity index (χ0) is 10.8. The van der Waals surface area contributed by atoms with E-state index in [1.807, 2.05) is 6.92 Å². The van der Waals surface area contributed by atoms with Gasteiger partial charge in [-0.2, -0.15) is 0 Å². The summed E-state index contributed by atoms with van der Waals surface area (Å²) in [6.07, 6.45) is 2.70. The van der Waals surface area contributed by atoms with E-state index in [9.17, 15) is 0 Å². The Morgan fingerprint density at radius 1 is 1.57 bits per heavy atom. The topological polar surface area (TPSA) is 79.9 Å². The molecule has 0 rings (SSSR count).